The molecule has 3 aromatic rings. The fourth-order valence-electron chi connectivity index (χ4n) is 3.36. The van der Waals surface area contributed by atoms with Gasteiger partial charge in [0.25, 0.3) is 5.91 Å². The van der Waals surface area contributed by atoms with Crippen LogP contribution in [0.4, 0.5) is 11.4 Å². The third kappa shape index (κ3) is 4.20. The van der Waals surface area contributed by atoms with E-state index in [2.05, 4.69) is 12.2 Å². The second kappa shape index (κ2) is 8.53. The highest BCUT2D eigenvalue weighted by Crippen LogP contribution is 2.41. The normalized spacial score (nSPS) is 16.1. The van der Waals surface area contributed by atoms with Gasteiger partial charge in [-0.05, 0) is 53.9 Å². The second-order valence-electron chi connectivity index (χ2n) is 6.89. The third-order valence-corrected chi connectivity index (χ3v) is 6.19. The van der Waals surface area contributed by atoms with Gasteiger partial charge in [-0.2, -0.15) is 0 Å². The average Bonchev–Trinajstić information content (AvgIpc) is 3.16. The van der Waals surface area contributed by atoms with Crippen LogP contribution in [0.25, 0.3) is 0 Å². The number of para-hydroxylation sites is 1. The maximum Gasteiger partial charge on any atom is 0.255 e. The molecule has 1 heterocycles. The highest BCUT2D eigenvalue weighted by Gasteiger charge is 2.33. The van der Waals surface area contributed by atoms with Crippen LogP contribution in [0.2, 0.25) is 0 Å². The van der Waals surface area contributed by atoms with E-state index in [0.717, 1.165) is 23.4 Å². The summed E-state index contributed by atoms with van der Waals surface area (Å²) < 4.78 is 0. The molecular formula is C24H22N2O2S. The molecule has 4 nitrogen and oxygen atoms in total. The van der Waals surface area contributed by atoms with Gasteiger partial charge in [-0.25, -0.2) is 0 Å². The molecule has 0 radical (unpaired) electrons. The summed E-state index contributed by atoms with van der Waals surface area (Å²) in [7, 11) is 0. The molecule has 1 aliphatic heterocycles. The number of aryl methyl sites for hydroxylation is 1. The van der Waals surface area contributed by atoms with E-state index in [-0.39, 0.29) is 17.2 Å². The van der Waals surface area contributed by atoms with Crippen LogP contribution in [-0.4, -0.2) is 17.6 Å². The van der Waals surface area contributed by atoms with Crippen LogP contribution < -0.4 is 10.2 Å². The van der Waals surface area contributed by atoms with Gasteiger partial charge < -0.3 is 5.32 Å². The molecule has 0 bridgehead atoms. The van der Waals surface area contributed by atoms with E-state index in [4.69, 9.17) is 0 Å². The van der Waals surface area contributed by atoms with Crippen molar-refractivity contribution in [2.75, 3.05) is 16.0 Å². The van der Waals surface area contributed by atoms with Gasteiger partial charge in [-0.1, -0.05) is 49.4 Å². The molecule has 146 valence electrons. The number of thioether (sulfide) groups is 1. The molecule has 1 saturated heterocycles. The zero-order valence-corrected chi connectivity index (χ0v) is 17.0. The molecule has 29 heavy (non-hydrogen) atoms. The van der Waals surface area contributed by atoms with Crippen molar-refractivity contribution >= 4 is 35.0 Å². The Hall–Kier alpha value is -3.05. The fourth-order valence-corrected chi connectivity index (χ4v) is 4.54. The largest absolute Gasteiger partial charge is 0.322 e. The number of carbonyl (C=O) groups excluding carboxylic acids is 2. The van der Waals surface area contributed by atoms with Crippen molar-refractivity contribution in [2.45, 2.75) is 18.7 Å². The fraction of sp³-hybridized carbons (Fsp3) is 0.167. The lowest BCUT2D eigenvalue weighted by molar-refractivity contribution is -0.115. The Labute approximate surface area is 174 Å². The number of hydrogen-bond donors (Lipinski definition) is 1. The predicted molar refractivity (Wildman–Crippen MR) is 119 cm³/mol. The van der Waals surface area contributed by atoms with E-state index in [1.165, 1.54) is 5.56 Å². The van der Waals surface area contributed by atoms with E-state index in [1.54, 1.807) is 11.8 Å². The average molecular weight is 403 g/mol. The zero-order chi connectivity index (χ0) is 20.2. The molecule has 1 atom stereocenters. The Balaban J connectivity index is 1.48. The molecule has 0 aromatic heterocycles. The van der Waals surface area contributed by atoms with E-state index >= 15 is 0 Å². The second-order valence-corrected chi connectivity index (χ2v) is 7.96. The lowest BCUT2D eigenvalue weighted by Gasteiger charge is -2.24. The molecule has 1 aliphatic rings. The first-order valence-corrected chi connectivity index (χ1v) is 10.7. The summed E-state index contributed by atoms with van der Waals surface area (Å²) in [5.74, 6) is 0.446. The van der Waals surface area contributed by atoms with Crippen molar-refractivity contribution in [3.63, 3.8) is 0 Å². The van der Waals surface area contributed by atoms with Crippen molar-refractivity contribution < 1.29 is 9.59 Å². The van der Waals surface area contributed by atoms with Crippen LogP contribution in [0.1, 0.15) is 33.8 Å². The number of rotatable bonds is 5. The summed E-state index contributed by atoms with van der Waals surface area (Å²) in [4.78, 5) is 26.7. The van der Waals surface area contributed by atoms with Crippen molar-refractivity contribution in [1.29, 1.82) is 0 Å². The lowest BCUT2D eigenvalue weighted by atomic mass is 10.1. The van der Waals surface area contributed by atoms with Crippen molar-refractivity contribution in [3.05, 3.63) is 95.6 Å². The van der Waals surface area contributed by atoms with Crippen LogP contribution in [0, 0.1) is 0 Å². The van der Waals surface area contributed by atoms with E-state index in [0.29, 0.717) is 11.3 Å². The molecule has 1 N–H and O–H groups in total. The van der Waals surface area contributed by atoms with E-state index in [1.807, 2.05) is 83.8 Å². The van der Waals surface area contributed by atoms with Gasteiger partial charge in [0, 0.05) is 16.9 Å². The monoisotopic (exact) mass is 402 g/mol. The van der Waals surface area contributed by atoms with Crippen LogP contribution in [-0.2, 0) is 11.2 Å². The van der Waals surface area contributed by atoms with Gasteiger partial charge >= 0.3 is 0 Å². The summed E-state index contributed by atoms with van der Waals surface area (Å²) in [6, 6.07) is 25.1. The molecule has 4 rings (SSSR count). The molecule has 0 saturated carbocycles. The van der Waals surface area contributed by atoms with Crippen molar-refractivity contribution in [3.8, 4) is 0 Å². The Morgan fingerprint density at radius 1 is 1.00 bits per heavy atom. The number of hydrogen-bond acceptors (Lipinski definition) is 3. The van der Waals surface area contributed by atoms with Crippen LogP contribution in [0.15, 0.2) is 78.9 Å². The van der Waals surface area contributed by atoms with E-state index in [9.17, 15) is 9.59 Å². The van der Waals surface area contributed by atoms with Gasteiger partial charge in [0.15, 0.2) is 0 Å². The molecule has 0 unspecified atom stereocenters. The van der Waals surface area contributed by atoms with Gasteiger partial charge in [-0.15, -0.1) is 11.8 Å². The smallest absolute Gasteiger partial charge is 0.255 e. The highest BCUT2D eigenvalue weighted by molar-refractivity contribution is 8.00. The SMILES string of the molecule is CCc1ccc(C(=O)Nc2ccc([C@H]3SCC(=O)N3c3ccccc3)cc2)cc1. The number of benzene rings is 3. The molecule has 1 fully saturated rings. The molecule has 5 heteroatoms. The number of nitrogens with one attached hydrogen (secondary N) is 1. The van der Waals surface area contributed by atoms with E-state index < -0.39 is 0 Å². The first-order valence-electron chi connectivity index (χ1n) is 9.64. The van der Waals surface area contributed by atoms with Gasteiger partial charge in [0.2, 0.25) is 5.91 Å². The Morgan fingerprint density at radius 3 is 2.34 bits per heavy atom. The van der Waals surface area contributed by atoms with Crippen LogP contribution in [0.3, 0.4) is 0 Å². The Bertz CT molecular complexity index is 1000. The minimum absolute atomic E-state index is 0.0590. The number of nitrogens with zero attached hydrogens (tertiary/aromatic N) is 1. The maximum atomic E-state index is 12.5. The summed E-state index contributed by atoms with van der Waals surface area (Å²) in [5.41, 5.74) is 4.52. The first-order chi connectivity index (χ1) is 14.2. The lowest BCUT2D eigenvalue weighted by Crippen LogP contribution is -2.27. The van der Waals surface area contributed by atoms with Crippen LogP contribution in [0.5, 0.6) is 0 Å². The van der Waals surface area contributed by atoms with Crippen LogP contribution >= 0.6 is 11.8 Å². The summed E-state index contributed by atoms with van der Waals surface area (Å²) in [6.45, 7) is 2.09. The predicted octanol–water partition coefficient (Wildman–Crippen LogP) is 5.28. The maximum absolute atomic E-state index is 12.5. The molecular weight excluding hydrogens is 380 g/mol. The van der Waals surface area contributed by atoms with Crippen molar-refractivity contribution in [2.24, 2.45) is 0 Å². The number of amides is 2. The van der Waals surface area contributed by atoms with Crippen molar-refractivity contribution in [1.82, 2.24) is 0 Å². The summed E-state index contributed by atoms with van der Waals surface area (Å²) >= 11 is 1.62. The topological polar surface area (TPSA) is 49.4 Å². The Morgan fingerprint density at radius 2 is 1.69 bits per heavy atom. The standard InChI is InChI=1S/C24H22N2O2S/c1-2-17-8-10-18(11-9-17)23(28)25-20-14-12-19(13-15-20)24-26(22(27)16-29-24)21-6-4-3-5-7-21/h3-15,24H,2,16H2,1H3,(H,25,28)/t24-/m1/s1. The summed E-state index contributed by atoms with van der Waals surface area (Å²) in [5, 5.41) is 2.88. The number of anilines is 2. The number of carbonyl (C=O) groups is 2. The molecule has 0 aliphatic carbocycles. The Kier molecular flexibility index (Phi) is 5.67. The highest BCUT2D eigenvalue weighted by atomic mass is 32.2. The molecule has 0 spiro atoms. The zero-order valence-electron chi connectivity index (χ0n) is 16.2. The first kappa shape index (κ1) is 19.3. The minimum atomic E-state index is -0.128. The molecule has 3 aromatic carbocycles. The quantitative estimate of drug-likeness (QED) is 0.632. The van der Waals surface area contributed by atoms with Gasteiger partial charge in [0.05, 0.1) is 5.75 Å². The van der Waals surface area contributed by atoms with Gasteiger partial charge in [-0.3, -0.25) is 14.5 Å². The minimum Gasteiger partial charge on any atom is -0.322 e. The van der Waals surface area contributed by atoms with Gasteiger partial charge in [0.1, 0.15) is 5.37 Å². The molecule has 2 amide bonds. The third-order valence-electron chi connectivity index (χ3n) is 4.98. The summed E-state index contributed by atoms with van der Waals surface area (Å²) in [6.07, 6.45) is 0.949.